The first-order valence-electron chi connectivity index (χ1n) is 8.14. The first kappa shape index (κ1) is 16.3. The molecule has 0 aromatic carbocycles. The van der Waals surface area contributed by atoms with Crippen LogP contribution in [0.25, 0.3) is 0 Å². The molecule has 1 aliphatic carbocycles. The standard InChI is InChI=1S/C16H28N4O/c1-13(2)15(11-17)19-7-9-20(10-8-19)16(21)12-18(3)14-5-4-6-14/h13-15H,4-10,12H2,1-3H3/t15-/m1/s1. The minimum atomic E-state index is -0.0279. The van der Waals surface area contributed by atoms with Gasteiger partial charge in [0.1, 0.15) is 6.04 Å². The maximum Gasteiger partial charge on any atom is 0.236 e. The Kier molecular flexibility index (Phi) is 5.60. The van der Waals surface area contributed by atoms with Crippen LogP contribution in [0.5, 0.6) is 0 Å². The van der Waals surface area contributed by atoms with Crippen molar-refractivity contribution >= 4 is 5.91 Å². The highest BCUT2D eigenvalue weighted by atomic mass is 16.2. The molecule has 5 heteroatoms. The van der Waals surface area contributed by atoms with Crippen molar-refractivity contribution in [1.29, 1.82) is 5.26 Å². The summed E-state index contributed by atoms with van der Waals surface area (Å²) in [6.07, 6.45) is 3.76. The van der Waals surface area contributed by atoms with E-state index in [1.165, 1.54) is 19.3 Å². The second kappa shape index (κ2) is 7.24. The molecule has 1 amide bonds. The number of carbonyl (C=O) groups excluding carboxylic acids is 1. The number of nitrogens with zero attached hydrogens (tertiary/aromatic N) is 4. The van der Waals surface area contributed by atoms with Crippen molar-refractivity contribution in [3.63, 3.8) is 0 Å². The van der Waals surface area contributed by atoms with Gasteiger partial charge in [-0.25, -0.2) is 0 Å². The summed E-state index contributed by atoms with van der Waals surface area (Å²) in [5, 5.41) is 9.26. The van der Waals surface area contributed by atoms with Gasteiger partial charge in [0.2, 0.25) is 5.91 Å². The van der Waals surface area contributed by atoms with E-state index < -0.39 is 0 Å². The smallest absolute Gasteiger partial charge is 0.236 e. The van der Waals surface area contributed by atoms with Gasteiger partial charge in [-0.1, -0.05) is 20.3 Å². The predicted octanol–water partition coefficient (Wildman–Crippen LogP) is 1.16. The van der Waals surface area contributed by atoms with Crippen molar-refractivity contribution in [3.05, 3.63) is 0 Å². The zero-order valence-electron chi connectivity index (χ0n) is 13.6. The predicted molar refractivity (Wildman–Crippen MR) is 82.7 cm³/mol. The van der Waals surface area contributed by atoms with Crippen LogP contribution in [0.4, 0.5) is 0 Å². The Morgan fingerprint density at radius 3 is 2.33 bits per heavy atom. The molecule has 1 saturated carbocycles. The third-order valence-electron chi connectivity index (χ3n) is 4.91. The van der Waals surface area contributed by atoms with Crippen LogP contribution in [-0.2, 0) is 4.79 Å². The molecule has 1 atom stereocenters. The molecule has 0 aromatic rings. The number of piperazine rings is 1. The number of likely N-dealkylation sites (N-methyl/N-ethyl adjacent to an activating group) is 1. The minimum Gasteiger partial charge on any atom is -0.339 e. The van der Waals surface area contributed by atoms with Crippen LogP contribution in [-0.4, -0.2) is 72.5 Å². The van der Waals surface area contributed by atoms with Gasteiger partial charge in [0, 0.05) is 32.2 Å². The summed E-state index contributed by atoms with van der Waals surface area (Å²) < 4.78 is 0. The molecule has 0 N–H and O–H groups in total. The molecule has 0 aromatic heterocycles. The summed E-state index contributed by atoms with van der Waals surface area (Å²) in [6.45, 7) is 7.84. The van der Waals surface area contributed by atoms with Crippen LogP contribution in [0.15, 0.2) is 0 Å². The lowest BCUT2D eigenvalue weighted by Gasteiger charge is -2.40. The minimum absolute atomic E-state index is 0.0279. The molecule has 5 nitrogen and oxygen atoms in total. The van der Waals surface area contributed by atoms with Crippen molar-refractivity contribution in [2.45, 2.75) is 45.2 Å². The van der Waals surface area contributed by atoms with Gasteiger partial charge < -0.3 is 4.90 Å². The van der Waals surface area contributed by atoms with Crippen LogP contribution in [0.2, 0.25) is 0 Å². The van der Waals surface area contributed by atoms with Crippen molar-refractivity contribution in [2.75, 3.05) is 39.8 Å². The lowest BCUT2D eigenvalue weighted by atomic mass is 9.92. The number of amides is 1. The highest BCUT2D eigenvalue weighted by molar-refractivity contribution is 5.78. The molecule has 2 fully saturated rings. The second-order valence-corrected chi connectivity index (χ2v) is 6.73. The Hall–Kier alpha value is -1.12. The zero-order valence-corrected chi connectivity index (χ0v) is 13.6. The van der Waals surface area contributed by atoms with Gasteiger partial charge in [-0.05, 0) is 25.8 Å². The number of hydrogen-bond donors (Lipinski definition) is 0. The SMILES string of the molecule is CC(C)[C@@H](C#N)N1CCN(C(=O)CN(C)C2CCC2)CC1. The van der Waals surface area contributed by atoms with Gasteiger partial charge in [-0.3, -0.25) is 14.6 Å². The van der Waals surface area contributed by atoms with Gasteiger partial charge in [0.25, 0.3) is 0 Å². The van der Waals surface area contributed by atoms with Crippen molar-refractivity contribution in [3.8, 4) is 6.07 Å². The van der Waals surface area contributed by atoms with E-state index in [-0.39, 0.29) is 11.9 Å². The van der Waals surface area contributed by atoms with E-state index in [1.54, 1.807) is 0 Å². The number of rotatable bonds is 5. The van der Waals surface area contributed by atoms with E-state index >= 15 is 0 Å². The highest BCUT2D eigenvalue weighted by Gasteiger charge is 2.29. The third kappa shape index (κ3) is 3.96. The van der Waals surface area contributed by atoms with E-state index in [9.17, 15) is 10.1 Å². The van der Waals surface area contributed by atoms with Crippen LogP contribution >= 0.6 is 0 Å². The summed E-state index contributed by atoms with van der Waals surface area (Å²) in [5.74, 6) is 0.573. The van der Waals surface area contributed by atoms with Gasteiger partial charge >= 0.3 is 0 Å². The maximum atomic E-state index is 12.3. The Morgan fingerprint density at radius 2 is 1.90 bits per heavy atom. The normalized spacial score (nSPS) is 22.2. The summed E-state index contributed by atoms with van der Waals surface area (Å²) in [5.41, 5.74) is 0. The molecule has 118 valence electrons. The molecule has 2 aliphatic rings. The van der Waals surface area contributed by atoms with Crippen LogP contribution < -0.4 is 0 Å². The summed E-state index contributed by atoms with van der Waals surface area (Å²) >= 11 is 0. The van der Waals surface area contributed by atoms with Crippen LogP contribution in [0, 0.1) is 17.2 Å². The van der Waals surface area contributed by atoms with Gasteiger partial charge in [-0.2, -0.15) is 5.26 Å². The number of carbonyl (C=O) groups is 1. The molecule has 0 spiro atoms. The Bertz CT molecular complexity index is 392. The quantitative estimate of drug-likeness (QED) is 0.763. The van der Waals surface area contributed by atoms with Crippen molar-refractivity contribution in [2.24, 2.45) is 5.92 Å². The molecule has 2 rings (SSSR count). The van der Waals surface area contributed by atoms with Crippen LogP contribution in [0.1, 0.15) is 33.1 Å². The summed E-state index contributed by atoms with van der Waals surface area (Å²) in [4.78, 5) is 18.7. The van der Waals surface area contributed by atoms with E-state index in [1.807, 2.05) is 4.90 Å². The second-order valence-electron chi connectivity index (χ2n) is 6.73. The fourth-order valence-electron chi connectivity index (χ4n) is 3.17. The zero-order chi connectivity index (χ0) is 15.4. The molecule has 21 heavy (non-hydrogen) atoms. The topological polar surface area (TPSA) is 50.6 Å². The van der Waals surface area contributed by atoms with Gasteiger partial charge in [0.05, 0.1) is 12.6 Å². The lowest BCUT2D eigenvalue weighted by molar-refractivity contribution is -0.135. The van der Waals surface area contributed by atoms with E-state index in [2.05, 4.69) is 36.8 Å². The summed E-state index contributed by atoms with van der Waals surface area (Å²) in [6, 6.07) is 2.97. The van der Waals surface area contributed by atoms with Crippen molar-refractivity contribution < 1.29 is 4.79 Å². The molecule has 1 heterocycles. The van der Waals surface area contributed by atoms with E-state index in [0.717, 1.165) is 26.2 Å². The molecule has 1 saturated heterocycles. The van der Waals surface area contributed by atoms with Gasteiger partial charge in [-0.15, -0.1) is 0 Å². The average Bonchev–Trinajstić information content (AvgIpc) is 2.37. The molecular formula is C16H28N4O. The van der Waals surface area contributed by atoms with E-state index in [0.29, 0.717) is 18.5 Å². The molecule has 0 unspecified atom stereocenters. The fraction of sp³-hybridized carbons (Fsp3) is 0.875. The number of nitriles is 1. The molecule has 0 bridgehead atoms. The third-order valence-corrected chi connectivity index (χ3v) is 4.91. The molecule has 1 aliphatic heterocycles. The van der Waals surface area contributed by atoms with Gasteiger partial charge in [0.15, 0.2) is 0 Å². The maximum absolute atomic E-state index is 12.3. The Labute approximate surface area is 128 Å². The monoisotopic (exact) mass is 292 g/mol. The molecular weight excluding hydrogens is 264 g/mol. The Balaban J connectivity index is 1.77. The first-order chi connectivity index (χ1) is 10.0. The average molecular weight is 292 g/mol. The fourth-order valence-corrected chi connectivity index (χ4v) is 3.17. The van der Waals surface area contributed by atoms with Crippen LogP contribution in [0.3, 0.4) is 0 Å². The Morgan fingerprint density at radius 1 is 1.29 bits per heavy atom. The summed E-state index contributed by atoms with van der Waals surface area (Å²) in [7, 11) is 2.06. The first-order valence-corrected chi connectivity index (χ1v) is 8.14. The molecule has 0 radical (unpaired) electrons. The van der Waals surface area contributed by atoms with Crippen molar-refractivity contribution in [1.82, 2.24) is 14.7 Å². The largest absolute Gasteiger partial charge is 0.339 e. The number of hydrogen-bond acceptors (Lipinski definition) is 4. The van der Waals surface area contributed by atoms with E-state index in [4.69, 9.17) is 0 Å². The highest BCUT2D eigenvalue weighted by Crippen LogP contribution is 2.23. The lowest BCUT2D eigenvalue weighted by Crippen LogP contribution is -2.55.